The number of hydrogen-bond donors (Lipinski definition) is 0. The Morgan fingerprint density at radius 2 is 2.05 bits per heavy atom. The molecule has 0 radical (unpaired) electrons. The molecule has 102 valence electrons. The third-order valence-electron chi connectivity index (χ3n) is 3.98. The number of aryl methyl sites for hydroxylation is 1. The molecule has 0 N–H and O–H groups in total. The second-order valence-electron chi connectivity index (χ2n) is 5.39. The molecule has 3 heteroatoms. The Labute approximate surface area is 119 Å². The van der Waals surface area contributed by atoms with Crippen LogP contribution < -0.4 is 0 Å². The van der Waals surface area contributed by atoms with E-state index in [0.29, 0.717) is 18.9 Å². The van der Waals surface area contributed by atoms with Crippen LogP contribution in [0.2, 0.25) is 0 Å². The van der Waals surface area contributed by atoms with Crippen molar-refractivity contribution in [3.63, 3.8) is 0 Å². The molecule has 0 spiro atoms. The number of likely N-dealkylation sites (tertiary alicyclic amines) is 1. The summed E-state index contributed by atoms with van der Waals surface area (Å²) >= 11 is 0. The first kappa shape index (κ1) is 12.9. The molecule has 0 aliphatic carbocycles. The fourth-order valence-corrected chi connectivity index (χ4v) is 2.76. The lowest BCUT2D eigenvalue weighted by Gasteiger charge is -2.18. The average molecular weight is 266 g/mol. The number of nitrogens with zero attached hydrogens (tertiary/aromatic N) is 2. The van der Waals surface area contributed by atoms with Gasteiger partial charge in [0.05, 0.1) is 0 Å². The molecular formula is C17H18N2O. The van der Waals surface area contributed by atoms with E-state index in [9.17, 15) is 4.79 Å². The van der Waals surface area contributed by atoms with Gasteiger partial charge in [-0.2, -0.15) is 0 Å². The van der Waals surface area contributed by atoms with Crippen LogP contribution in [-0.2, 0) is 11.3 Å². The zero-order valence-electron chi connectivity index (χ0n) is 11.6. The van der Waals surface area contributed by atoms with E-state index in [1.165, 1.54) is 11.1 Å². The molecule has 1 fully saturated rings. The van der Waals surface area contributed by atoms with Crippen molar-refractivity contribution in [2.24, 2.45) is 0 Å². The molecule has 3 nitrogen and oxygen atoms in total. The van der Waals surface area contributed by atoms with Gasteiger partial charge in [0.15, 0.2) is 0 Å². The van der Waals surface area contributed by atoms with Gasteiger partial charge in [-0.3, -0.25) is 9.78 Å². The van der Waals surface area contributed by atoms with E-state index in [1.807, 2.05) is 42.3 Å². The van der Waals surface area contributed by atoms with Crippen LogP contribution in [0.15, 0.2) is 48.8 Å². The zero-order valence-corrected chi connectivity index (χ0v) is 11.6. The Morgan fingerprint density at radius 3 is 2.80 bits per heavy atom. The van der Waals surface area contributed by atoms with E-state index in [0.717, 1.165) is 12.1 Å². The fourth-order valence-electron chi connectivity index (χ4n) is 2.76. The topological polar surface area (TPSA) is 33.2 Å². The first-order chi connectivity index (χ1) is 9.74. The monoisotopic (exact) mass is 266 g/mol. The van der Waals surface area contributed by atoms with Crippen LogP contribution in [-0.4, -0.2) is 22.3 Å². The lowest BCUT2D eigenvalue weighted by molar-refractivity contribution is -0.128. The molecule has 1 aromatic heterocycles. The number of pyridine rings is 1. The molecule has 0 saturated carbocycles. The number of amides is 1. The van der Waals surface area contributed by atoms with Crippen molar-refractivity contribution in [2.75, 3.05) is 6.54 Å². The molecule has 1 saturated heterocycles. The Kier molecular flexibility index (Phi) is 3.50. The summed E-state index contributed by atoms with van der Waals surface area (Å²) in [6, 6.07) is 12.3. The van der Waals surface area contributed by atoms with Gasteiger partial charge < -0.3 is 4.90 Å². The van der Waals surface area contributed by atoms with Gasteiger partial charge in [-0.25, -0.2) is 0 Å². The van der Waals surface area contributed by atoms with Crippen LogP contribution in [0.4, 0.5) is 0 Å². The molecule has 1 aromatic carbocycles. The second-order valence-corrected chi connectivity index (χ2v) is 5.39. The Balaban J connectivity index is 1.73. The largest absolute Gasteiger partial charge is 0.338 e. The smallest absolute Gasteiger partial charge is 0.223 e. The molecule has 20 heavy (non-hydrogen) atoms. The van der Waals surface area contributed by atoms with Crippen molar-refractivity contribution in [3.8, 4) is 0 Å². The molecule has 1 atom stereocenters. The first-order valence-corrected chi connectivity index (χ1v) is 6.96. The van der Waals surface area contributed by atoms with Gasteiger partial charge in [0, 0.05) is 37.8 Å². The highest BCUT2D eigenvalue weighted by Crippen LogP contribution is 2.29. The molecule has 2 heterocycles. The summed E-state index contributed by atoms with van der Waals surface area (Å²) in [5.74, 6) is 0.570. The summed E-state index contributed by atoms with van der Waals surface area (Å²) in [5.41, 5.74) is 3.58. The van der Waals surface area contributed by atoms with E-state index in [4.69, 9.17) is 0 Å². The highest BCUT2D eigenvalue weighted by Gasteiger charge is 2.30. The van der Waals surface area contributed by atoms with E-state index >= 15 is 0 Å². The van der Waals surface area contributed by atoms with E-state index in [-0.39, 0.29) is 5.91 Å². The van der Waals surface area contributed by atoms with Crippen LogP contribution in [0.3, 0.4) is 0 Å². The quantitative estimate of drug-likeness (QED) is 0.856. The predicted octanol–water partition coefficient (Wildman–Crippen LogP) is 2.91. The van der Waals surface area contributed by atoms with E-state index < -0.39 is 0 Å². The van der Waals surface area contributed by atoms with Crippen molar-refractivity contribution in [1.29, 1.82) is 0 Å². The summed E-state index contributed by atoms with van der Waals surface area (Å²) in [4.78, 5) is 18.2. The molecule has 1 aliphatic heterocycles. The Hall–Kier alpha value is -2.16. The first-order valence-electron chi connectivity index (χ1n) is 6.96. The summed E-state index contributed by atoms with van der Waals surface area (Å²) in [5, 5.41) is 0. The van der Waals surface area contributed by atoms with E-state index in [1.54, 1.807) is 6.20 Å². The van der Waals surface area contributed by atoms with Crippen molar-refractivity contribution >= 4 is 5.91 Å². The molecular weight excluding hydrogens is 248 g/mol. The van der Waals surface area contributed by atoms with Crippen LogP contribution in [0.5, 0.6) is 0 Å². The highest BCUT2D eigenvalue weighted by atomic mass is 16.2. The zero-order chi connectivity index (χ0) is 13.9. The average Bonchev–Trinajstić information content (AvgIpc) is 2.84. The number of carbonyl (C=O) groups is 1. The van der Waals surface area contributed by atoms with Crippen LogP contribution in [0.1, 0.15) is 29.0 Å². The minimum absolute atomic E-state index is 0.245. The van der Waals surface area contributed by atoms with Gasteiger partial charge in [-0.1, -0.05) is 30.3 Å². The van der Waals surface area contributed by atoms with Crippen LogP contribution in [0.25, 0.3) is 0 Å². The SMILES string of the molecule is Cc1cnccc1CN1CC(c2ccccc2)CC1=O. The summed E-state index contributed by atoms with van der Waals surface area (Å²) in [6.07, 6.45) is 4.26. The minimum Gasteiger partial charge on any atom is -0.338 e. The van der Waals surface area contributed by atoms with Gasteiger partial charge >= 0.3 is 0 Å². The Morgan fingerprint density at radius 1 is 1.25 bits per heavy atom. The molecule has 0 bridgehead atoms. The van der Waals surface area contributed by atoms with Crippen LogP contribution in [0, 0.1) is 6.92 Å². The number of aromatic nitrogens is 1. The minimum atomic E-state index is 0.245. The third-order valence-corrected chi connectivity index (χ3v) is 3.98. The molecule has 3 rings (SSSR count). The fraction of sp³-hybridized carbons (Fsp3) is 0.294. The molecule has 2 aromatic rings. The second kappa shape index (κ2) is 5.45. The number of benzene rings is 1. The standard InChI is InChI=1S/C17H18N2O/c1-13-10-18-8-7-15(13)11-19-12-16(9-17(19)20)14-5-3-2-4-6-14/h2-8,10,16H,9,11-12H2,1H3. The summed E-state index contributed by atoms with van der Waals surface area (Å²) in [6.45, 7) is 3.54. The highest BCUT2D eigenvalue weighted by molar-refractivity contribution is 5.79. The van der Waals surface area contributed by atoms with Gasteiger partial charge in [-0.05, 0) is 29.7 Å². The van der Waals surface area contributed by atoms with Crippen molar-refractivity contribution < 1.29 is 4.79 Å². The number of hydrogen-bond acceptors (Lipinski definition) is 2. The number of rotatable bonds is 3. The Bertz CT molecular complexity index is 609. The van der Waals surface area contributed by atoms with Crippen molar-refractivity contribution in [2.45, 2.75) is 25.8 Å². The maximum atomic E-state index is 12.2. The summed E-state index contributed by atoms with van der Waals surface area (Å²) < 4.78 is 0. The van der Waals surface area contributed by atoms with E-state index in [2.05, 4.69) is 17.1 Å². The van der Waals surface area contributed by atoms with Gasteiger partial charge in [0.2, 0.25) is 5.91 Å². The lowest BCUT2D eigenvalue weighted by Crippen LogP contribution is -2.24. The third kappa shape index (κ3) is 2.57. The van der Waals surface area contributed by atoms with Crippen molar-refractivity contribution in [1.82, 2.24) is 9.88 Å². The summed E-state index contributed by atoms with van der Waals surface area (Å²) in [7, 11) is 0. The van der Waals surface area contributed by atoms with Crippen molar-refractivity contribution in [3.05, 3.63) is 65.5 Å². The molecule has 1 aliphatic rings. The maximum absolute atomic E-state index is 12.2. The van der Waals surface area contributed by atoms with Gasteiger partial charge in [0.25, 0.3) is 0 Å². The predicted molar refractivity (Wildman–Crippen MR) is 78.2 cm³/mol. The van der Waals surface area contributed by atoms with Gasteiger partial charge in [0.1, 0.15) is 0 Å². The van der Waals surface area contributed by atoms with Gasteiger partial charge in [-0.15, -0.1) is 0 Å². The normalized spacial score (nSPS) is 18.6. The molecule has 1 amide bonds. The lowest BCUT2D eigenvalue weighted by atomic mass is 9.98. The maximum Gasteiger partial charge on any atom is 0.223 e. The van der Waals surface area contributed by atoms with Crippen LogP contribution >= 0.6 is 0 Å². The molecule has 1 unspecified atom stereocenters. The number of carbonyl (C=O) groups excluding carboxylic acids is 1.